The van der Waals surface area contributed by atoms with Gasteiger partial charge >= 0.3 is 5.97 Å². The maximum atomic E-state index is 13.9. The van der Waals surface area contributed by atoms with Crippen molar-refractivity contribution < 1.29 is 18.3 Å². The lowest BCUT2D eigenvalue weighted by Gasteiger charge is -2.28. The van der Waals surface area contributed by atoms with Crippen LogP contribution in [-0.2, 0) is 9.53 Å². The highest BCUT2D eigenvalue weighted by Gasteiger charge is 2.29. The van der Waals surface area contributed by atoms with Gasteiger partial charge in [-0.15, -0.1) is 0 Å². The van der Waals surface area contributed by atoms with Crippen LogP contribution in [0.4, 0.5) is 8.78 Å². The van der Waals surface area contributed by atoms with E-state index in [-0.39, 0.29) is 11.8 Å². The number of carbonyl (C=O) groups excluding carboxylic acids is 1. The molecule has 0 heterocycles. The molecule has 1 rings (SSSR count). The minimum absolute atomic E-state index is 0.0193. The third-order valence-corrected chi connectivity index (χ3v) is 3.22. The number of hydrogen-bond acceptors (Lipinski definition) is 3. The van der Waals surface area contributed by atoms with Crippen molar-refractivity contribution in [2.24, 2.45) is 11.7 Å². The molecule has 0 saturated heterocycles. The molecular weight excluding hydrogens is 264 g/mol. The number of benzene rings is 1. The average Bonchev–Trinajstić information content (AvgIpc) is 2.31. The van der Waals surface area contributed by atoms with Gasteiger partial charge in [-0.2, -0.15) is 0 Å². The lowest BCUT2D eigenvalue weighted by Crippen LogP contribution is -2.34. The van der Waals surface area contributed by atoms with Gasteiger partial charge in [0.25, 0.3) is 0 Å². The van der Waals surface area contributed by atoms with Crippen LogP contribution < -0.4 is 5.73 Å². The van der Waals surface area contributed by atoms with E-state index in [4.69, 9.17) is 10.5 Å². The van der Waals surface area contributed by atoms with Gasteiger partial charge < -0.3 is 10.5 Å². The lowest BCUT2D eigenvalue weighted by atomic mass is 9.84. The Morgan fingerprint density at radius 1 is 1.20 bits per heavy atom. The molecule has 1 aromatic rings. The smallest absolute Gasteiger partial charge is 0.322 e. The first-order valence-corrected chi connectivity index (χ1v) is 6.65. The van der Waals surface area contributed by atoms with Crippen molar-refractivity contribution in [2.45, 2.75) is 45.8 Å². The van der Waals surface area contributed by atoms with E-state index >= 15 is 0 Å². The Morgan fingerprint density at radius 3 is 2.25 bits per heavy atom. The van der Waals surface area contributed by atoms with E-state index in [2.05, 4.69) is 0 Å². The molecule has 20 heavy (non-hydrogen) atoms. The van der Waals surface area contributed by atoms with Crippen LogP contribution in [0.2, 0.25) is 0 Å². The van der Waals surface area contributed by atoms with Crippen molar-refractivity contribution in [1.29, 1.82) is 0 Å². The SMILES string of the molecule is CC(C)[C@@H](c1ccc(F)cc1F)[C@H](C)OC(=O)[C@H](C)N. The van der Waals surface area contributed by atoms with Gasteiger partial charge in [0.15, 0.2) is 0 Å². The van der Waals surface area contributed by atoms with Crippen LogP contribution in [0.5, 0.6) is 0 Å². The maximum Gasteiger partial charge on any atom is 0.322 e. The minimum Gasteiger partial charge on any atom is -0.461 e. The van der Waals surface area contributed by atoms with Crippen molar-refractivity contribution >= 4 is 5.97 Å². The summed E-state index contributed by atoms with van der Waals surface area (Å²) in [5.41, 5.74) is 5.79. The van der Waals surface area contributed by atoms with Gasteiger partial charge in [0.1, 0.15) is 23.8 Å². The van der Waals surface area contributed by atoms with Gasteiger partial charge in [0, 0.05) is 12.0 Å². The van der Waals surface area contributed by atoms with E-state index in [1.807, 2.05) is 13.8 Å². The lowest BCUT2D eigenvalue weighted by molar-refractivity contribution is -0.151. The second-order valence-corrected chi connectivity index (χ2v) is 5.37. The third-order valence-electron chi connectivity index (χ3n) is 3.22. The largest absolute Gasteiger partial charge is 0.461 e. The maximum absolute atomic E-state index is 13.9. The van der Waals surface area contributed by atoms with Crippen LogP contribution >= 0.6 is 0 Å². The number of carbonyl (C=O) groups is 1. The molecule has 5 heteroatoms. The molecule has 2 N–H and O–H groups in total. The number of halogens is 2. The monoisotopic (exact) mass is 285 g/mol. The van der Waals surface area contributed by atoms with Gasteiger partial charge in [0.2, 0.25) is 0 Å². The molecule has 0 aliphatic heterocycles. The highest BCUT2D eigenvalue weighted by molar-refractivity contribution is 5.75. The summed E-state index contributed by atoms with van der Waals surface area (Å²) < 4.78 is 32.1. The number of esters is 1. The molecule has 0 spiro atoms. The highest BCUT2D eigenvalue weighted by Crippen LogP contribution is 2.32. The molecule has 0 fully saturated rings. The fourth-order valence-corrected chi connectivity index (χ4v) is 2.29. The van der Waals surface area contributed by atoms with Gasteiger partial charge in [-0.1, -0.05) is 19.9 Å². The molecule has 0 radical (unpaired) electrons. The zero-order chi connectivity index (χ0) is 15.4. The topological polar surface area (TPSA) is 52.3 Å². The second-order valence-electron chi connectivity index (χ2n) is 5.37. The first-order chi connectivity index (χ1) is 9.23. The second kappa shape index (κ2) is 6.79. The molecule has 1 aromatic carbocycles. The van der Waals surface area contributed by atoms with Crippen LogP contribution in [0.25, 0.3) is 0 Å². The summed E-state index contributed by atoms with van der Waals surface area (Å²) >= 11 is 0. The molecular formula is C15H21F2NO2. The number of nitrogens with two attached hydrogens (primary N) is 1. The zero-order valence-electron chi connectivity index (χ0n) is 12.2. The molecule has 3 nitrogen and oxygen atoms in total. The summed E-state index contributed by atoms with van der Waals surface area (Å²) in [6.07, 6.45) is -0.548. The molecule has 3 atom stereocenters. The predicted octanol–water partition coefficient (Wildman–Crippen LogP) is 2.98. The Labute approximate surface area is 118 Å². The van der Waals surface area contributed by atoms with Crippen molar-refractivity contribution in [2.75, 3.05) is 0 Å². The van der Waals surface area contributed by atoms with Crippen LogP contribution in [0.3, 0.4) is 0 Å². The Hall–Kier alpha value is -1.49. The highest BCUT2D eigenvalue weighted by atomic mass is 19.1. The number of rotatable bonds is 5. The molecule has 0 amide bonds. The molecule has 112 valence electrons. The van der Waals surface area contributed by atoms with Crippen molar-refractivity contribution in [3.63, 3.8) is 0 Å². The normalized spacial score (nSPS) is 15.8. The summed E-state index contributed by atoms with van der Waals surface area (Å²) in [7, 11) is 0. The zero-order valence-corrected chi connectivity index (χ0v) is 12.2. The standard InChI is InChI=1S/C15H21F2NO2/c1-8(2)14(10(4)20-15(19)9(3)18)12-6-5-11(16)7-13(12)17/h5-10,14H,18H2,1-4H3/t9-,10-,14+/m0/s1. The van der Waals surface area contributed by atoms with E-state index in [0.29, 0.717) is 5.56 Å². The fraction of sp³-hybridized carbons (Fsp3) is 0.533. The van der Waals surface area contributed by atoms with Crippen LogP contribution in [0.1, 0.15) is 39.2 Å². The molecule has 0 aliphatic carbocycles. The first-order valence-electron chi connectivity index (χ1n) is 6.65. The molecule has 0 aromatic heterocycles. The Balaban J connectivity index is 3.02. The summed E-state index contributed by atoms with van der Waals surface area (Å²) in [6.45, 7) is 7.00. The van der Waals surface area contributed by atoms with Crippen LogP contribution in [0.15, 0.2) is 18.2 Å². The van der Waals surface area contributed by atoms with Gasteiger partial charge in [-0.05, 0) is 31.4 Å². The number of ether oxygens (including phenoxy) is 1. The predicted molar refractivity (Wildman–Crippen MR) is 73.1 cm³/mol. The minimum atomic E-state index is -0.733. The van der Waals surface area contributed by atoms with E-state index in [0.717, 1.165) is 6.07 Å². The summed E-state index contributed by atoms with van der Waals surface area (Å²) in [5, 5.41) is 0. The number of hydrogen-bond donors (Lipinski definition) is 1. The van der Waals surface area contributed by atoms with E-state index in [9.17, 15) is 13.6 Å². The third kappa shape index (κ3) is 4.00. The Bertz CT molecular complexity index is 475. The van der Waals surface area contributed by atoms with Gasteiger partial charge in [0.05, 0.1) is 0 Å². The fourth-order valence-electron chi connectivity index (χ4n) is 2.29. The van der Waals surface area contributed by atoms with E-state index in [1.165, 1.54) is 19.1 Å². The Kier molecular flexibility index (Phi) is 5.62. The summed E-state index contributed by atoms with van der Waals surface area (Å²) in [4.78, 5) is 11.5. The van der Waals surface area contributed by atoms with Gasteiger partial charge in [-0.25, -0.2) is 8.78 Å². The van der Waals surface area contributed by atoms with E-state index < -0.39 is 29.7 Å². The average molecular weight is 285 g/mol. The van der Waals surface area contributed by atoms with Crippen molar-refractivity contribution in [3.05, 3.63) is 35.4 Å². The summed E-state index contributed by atoms with van der Waals surface area (Å²) in [5.74, 6) is -2.14. The molecule has 0 saturated carbocycles. The van der Waals surface area contributed by atoms with Crippen molar-refractivity contribution in [1.82, 2.24) is 0 Å². The quantitative estimate of drug-likeness (QED) is 0.846. The van der Waals surface area contributed by atoms with E-state index in [1.54, 1.807) is 6.92 Å². The van der Waals surface area contributed by atoms with Gasteiger partial charge in [-0.3, -0.25) is 4.79 Å². The van der Waals surface area contributed by atoms with Crippen LogP contribution in [-0.4, -0.2) is 18.1 Å². The Morgan fingerprint density at radius 2 is 1.80 bits per heavy atom. The molecule has 0 aliphatic rings. The summed E-state index contributed by atoms with van der Waals surface area (Å²) in [6, 6.07) is 2.70. The molecule has 0 unspecified atom stereocenters. The molecule has 0 bridgehead atoms. The first kappa shape index (κ1) is 16.6. The van der Waals surface area contributed by atoms with Crippen molar-refractivity contribution in [3.8, 4) is 0 Å². The van der Waals surface area contributed by atoms with Crippen LogP contribution in [0, 0.1) is 17.6 Å².